The number of carbonyl (C=O) groups is 1. The predicted octanol–water partition coefficient (Wildman–Crippen LogP) is 0.948. The Kier molecular flexibility index (Phi) is 7.74. The van der Waals surface area contributed by atoms with Gasteiger partial charge in [-0.3, -0.25) is 9.69 Å². The Labute approximate surface area is 125 Å². The Balaban J connectivity index is 2.62. The van der Waals surface area contributed by atoms with Gasteiger partial charge < -0.3 is 19.9 Å². The summed E-state index contributed by atoms with van der Waals surface area (Å²) in [6, 6.07) is 5.95. The van der Waals surface area contributed by atoms with Crippen molar-refractivity contribution in [2.45, 2.75) is 13.1 Å². The number of hydrogen-bond donors (Lipinski definition) is 2. The van der Waals surface area contributed by atoms with Crippen molar-refractivity contribution in [1.82, 2.24) is 10.2 Å². The molecule has 0 aliphatic carbocycles. The van der Waals surface area contributed by atoms with Gasteiger partial charge in [0, 0.05) is 32.3 Å². The number of carboxylic acid groups (broad SMARTS) is 1. The zero-order valence-electron chi connectivity index (χ0n) is 12.9. The van der Waals surface area contributed by atoms with Gasteiger partial charge in [0.2, 0.25) is 0 Å². The van der Waals surface area contributed by atoms with Gasteiger partial charge in [0.15, 0.2) is 0 Å². The first kappa shape index (κ1) is 17.4. The molecule has 118 valence electrons. The minimum atomic E-state index is -0.830. The van der Waals surface area contributed by atoms with Crippen LogP contribution in [0.4, 0.5) is 0 Å². The third-order valence-corrected chi connectivity index (χ3v) is 3.01. The third-order valence-electron chi connectivity index (χ3n) is 3.01. The Morgan fingerprint density at radius 2 is 2.14 bits per heavy atom. The number of carboxylic acids is 1. The molecule has 0 heterocycles. The van der Waals surface area contributed by atoms with Crippen LogP contribution in [0.25, 0.3) is 0 Å². The summed E-state index contributed by atoms with van der Waals surface area (Å²) < 4.78 is 10.4. The Morgan fingerprint density at radius 3 is 2.76 bits per heavy atom. The van der Waals surface area contributed by atoms with Crippen LogP contribution in [-0.2, 0) is 22.6 Å². The van der Waals surface area contributed by atoms with E-state index < -0.39 is 5.97 Å². The molecule has 1 rings (SSSR count). The largest absolute Gasteiger partial charge is 0.496 e. The molecule has 0 bridgehead atoms. The van der Waals surface area contributed by atoms with E-state index in [0.717, 1.165) is 23.4 Å². The van der Waals surface area contributed by atoms with E-state index in [4.69, 9.17) is 14.6 Å². The van der Waals surface area contributed by atoms with Crippen LogP contribution < -0.4 is 10.1 Å². The quantitative estimate of drug-likeness (QED) is 0.626. The Hall–Kier alpha value is -1.63. The van der Waals surface area contributed by atoms with E-state index in [9.17, 15) is 4.79 Å². The molecule has 2 N–H and O–H groups in total. The molecule has 0 aliphatic rings. The van der Waals surface area contributed by atoms with E-state index in [-0.39, 0.29) is 6.54 Å². The van der Waals surface area contributed by atoms with Crippen LogP contribution >= 0.6 is 0 Å². The van der Waals surface area contributed by atoms with Crippen LogP contribution in [0.2, 0.25) is 0 Å². The zero-order chi connectivity index (χ0) is 15.7. The molecule has 6 nitrogen and oxygen atoms in total. The van der Waals surface area contributed by atoms with E-state index in [1.54, 1.807) is 26.2 Å². The maximum atomic E-state index is 10.7. The number of aliphatic carboxylic acids is 1. The molecule has 1 aromatic rings. The summed E-state index contributed by atoms with van der Waals surface area (Å²) in [6.45, 7) is 2.74. The highest BCUT2D eigenvalue weighted by molar-refractivity contribution is 5.69. The van der Waals surface area contributed by atoms with E-state index in [1.807, 2.05) is 18.2 Å². The van der Waals surface area contributed by atoms with Crippen LogP contribution in [0.1, 0.15) is 11.1 Å². The summed E-state index contributed by atoms with van der Waals surface area (Å²) in [4.78, 5) is 12.4. The molecule has 21 heavy (non-hydrogen) atoms. The monoisotopic (exact) mass is 296 g/mol. The van der Waals surface area contributed by atoms with E-state index in [2.05, 4.69) is 5.32 Å². The van der Waals surface area contributed by atoms with Gasteiger partial charge in [-0.15, -0.1) is 0 Å². The molecular weight excluding hydrogens is 272 g/mol. The minimum absolute atomic E-state index is 0.0165. The molecule has 0 aliphatic heterocycles. The number of likely N-dealkylation sites (N-methyl/N-ethyl adjacent to an activating group) is 1. The normalized spacial score (nSPS) is 10.9. The predicted molar refractivity (Wildman–Crippen MR) is 80.5 cm³/mol. The van der Waals surface area contributed by atoms with Crippen LogP contribution in [-0.4, -0.2) is 56.9 Å². The molecule has 0 atom stereocenters. The molecule has 0 aromatic heterocycles. The summed E-state index contributed by atoms with van der Waals surface area (Å²) in [7, 11) is 5.09. The van der Waals surface area contributed by atoms with Crippen molar-refractivity contribution in [3.63, 3.8) is 0 Å². The minimum Gasteiger partial charge on any atom is -0.496 e. The van der Waals surface area contributed by atoms with Gasteiger partial charge in [0.1, 0.15) is 5.75 Å². The fourth-order valence-corrected chi connectivity index (χ4v) is 2.03. The van der Waals surface area contributed by atoms with E-state index in [1.165, 1.54) is 0 Å². The van der Waals surface area contributed by atoms with Crippen molar-refractivity contribution in [2.24, 2.45) is 0 Å². The first-order chi connectivity index (χ1) is 10.1. The van der Waals surface area contributed by atoms with Gasteiger partial charge in [-0.25, -0.2) is 0 Å². The van der Waals surface area contributed by atoms with Gasteiger partial charge in [-0.2, -0.15) is 0 Å². The lowest BCUT2D eigenvalue weighted by Gasteiger charge is -2.16. The molecule has 0 saturated carbocycles. The van der Waals surface area contributed by atoms with Crippen LogP contribution in [0.3, 0.4) is 0 Å². The number of ether oxygens (including phenoxy) is 2. The van der Waals surface area contributed by atoms with Crippen molar-refractivity contribution in [3.8, 4) is 5.75 Å². The Bertz CT molecular complexity index is 451. The second kappa shape index (κ2) is 9.33. The first-order valence-electron chi connectivity index (χ1n) is 6.82. The molecule has 0 saturated heterocycles. The fraction of sp³-hybridized carbons (Fsp3) is 0.533. The third kappa shape index (κ3) is 6.57. The van der Waals surface area contributed by atoms with Crippen molar-refractivity contribution in [2.75, 3.05) is 41.0 Å². The number of methoxy groups -OCH3 is 2. The zero-order valence-corrected chi connectivity index (χ0v) is 12.9. The maximum absolute atomic E-state index is 10.7. The highest BCUT2D eigenvalue weighted by atomic mass is 16.5. The van der Waals surface area contributed by atoms with E-state index in [0.29, 0.717) is 19.7 Å². The average Bonchev–Trinajstić information content (AvgIpc) is 2.43. The molecular formula is C15H24N2O4. The van der Waals surface area contributed by atoms with Gasteiger partial charge in [-0.05, 0) is 18.7 Å². The van der Waals surface area contributed by atoms with Gasteiger partial charge in [0.05, 0.1) is 20.3 Å². The summed E-state index contributed by atoms with van der Waals surface area (Å²) in [5, 5.41) is 12.0. The molecule has 0 unspecified atom stereocenters. The summed E-state index contributed by atoms with van der Waals surface area (Å²) in [5.74, 6) is -0.0235. The fourth-order valence-electron chi connectivity index (χ4n) is 2.03. The molecule has 0 amide bonds. The van der Waals surface area contributed by atoms with Crippen molar-refractivity contribution < 1.29 is 19.4 Å². The van der Waals surface area contributed by atoms with Crippen LogP contribution in [0.5, 0.6) is 5.75 Å². The van der Waals surface area contributed by atoms with Crippen LogP contribution in [0.15, 0.2) is 18.2 Å². The van der Waals surface area contributed by atoms with Gasteiger partial charge >= 0.3 is 5.97 Å². The Morgan fingerprint density at radius 1 is 1.38 bits per heavy atom. The van der Waals surface area contributed by atoms with E-state index >= 15 is 0 Å². The summed E-state index contributed by atoms with van der Waals surface area (Å²) in [6.07, 6.45) is 0. The number of benzene rings is 1. The summed E-state index contributed by atoms with van der Waals surface area (Å²) in [5.41, 5.74) is 2.09. The lowest BCUT2D eigenvalue weighted by Crippen LogP contribution is -2.25. The number of nitrogens with zero attached hydrogens (tertiary/aromatic N) is 1. The molecule has 0 fully saturated rings. The number of rotatable bonds is 10. The van der Waals surface area contributed by atoms with Crippen molar-refractivity contribution >= 4 is 5.97 Å². The van der Waals surface area contributed by atoms with Crippen LogP contribution in [0, 0.1) is 0 Å². The standard InChI is InChI=1S/C15H24N2O4/c1-17(11-15(18)19)10-12-4-5-13(14(8-12)21-3)9-16-6-7-20-2/h4-5,8,16H,6-7,9-11H2,1-3H3,(H,18,19). The molecule has 0 spiro atoms. The second-order valence-electron chi connectivity index (χ2n) is 4.88. The molecule has 1 aromatic carbocycles. The second-order valence-corrected chi connectivity index (χ2v) is 4.88. The van der Waals surface area contributed by atoms with Gasteiger partial charge in [-0.1, -0.05) is 12.1 Å². The molecule has 6 heteroatoms. The number of hydrogen-bond acceptors (Lipinski definition) is 5. The average molecular weight is 296 g/mol. The van der Waals surface area contributed by atoms with Gasteiger partial charge in [0.25, 0.3) is 0 Å². The highest BCUT2D eigenvalue weighted by Gasteiger charge is 2.08. The SMILES string of the molecule is COCCNCc1ccc(CN(C)CC(=O)O)cc1OC. The van der Waals surface area contributed by atoms with Crippen molar-refractivity contribution in [3.05, 3.63) is 29.3 Å². The first-order valence-corrected chi connectivity index (χ1v) is 6.82. The lowest BCUT2D eigenvalue weighted by molar-refractivity contribution is -0.138. The molecule has 0 radical (unpaired) electrons. The smallest absolute Gasteiger partial charge is 0.317 e. The topological polar surface area (TPSA) is 71.0 Å². The highest BCUT2D eigenvalue weighted by Crippen LogP contribution is 2.20. The maximum Gasteiger partial charge on any atom is 0.317 e. The summed E-state index contributed by atoms with van der Waals surface area (Å²) >= 11 is 0. The number of nitrogens with one attached hydrogen (secondary N) is 1. The lowest BCUT2D eigenvalue weighted by atomic mass is 10.1. The van der Waals surface area contributed by atoms with Crippen molar-refractivity contribution in [1.29, 1.82) is 0 Å².